The van der Waals surface area contributed by atoms with Gasteiger partial charge in [-0.25, -0.2) is 13.4 Å². The molecule has 9 heteroatoms. The molecule has 186 valence electrons. The second-order valence-electron chi connectivity index (χ2n) is 8.73. The van der Waals surface area contributed by atoms with Crippen LogP contribution in [-0.2, 0) is 10.0 Å². The SMILES string of the molecule is COc1ccccc1-n1c(C(C)N2CCN(S(=O)(=O)c3ccccc3)CC2)nc2ccccc2c1=O. The van der Waals surface area contributed by atoms with Crippen molar-refractivity contribution in [3.8, 4) is 11.4 Å². The van der Waals surface area contributed by atoms with Gasteiger partial charge in [-0.2, -0.15) is 4.31 Å². The fraction of sp³-hybridized carbons (Fsp3) is 0.259. The van der Waals surface area contributed by atoms with Gasteiger partial charge in [0.15, 0.2) is 0 Å². The Kier molecular flexibility index (Phi) is 6.61. The third kappa shape index (κ3) is 4.30. The van der Waals surface area contributed by atoms with Gasteiger partial charge in [0.05, 0.1) is 34.6 Å². The van der Waals surface area contributed by atoms with E-state index in [9.17, 15) is 13.2 Å². The van der Waals surface area contributed by atoms with E-state index in [4.69, 9.17) is 9.72 Å². The molecule has 3 aromatic carbocycles. The highest BCUT2D eigenvalue weighted by atomic mass is 32.2. The molecule has 0 aliphatic carbocycles. The van der Waals surface area contributed by atoms with Crippen LogP contribution in [0.5, 0.6) is 5.75 Å². The molecule has 0 amide bonds. The van der Waals surface area contributed by atoms with Gasteiger partial charge in [0.1, 0.15) is 11.6 Å². The normalized spacial score (nSPS) is 16.2. The summed E-state index contributed by atoms with van der Waals surface area (Å²) in [5.41, 5.74) is 1.08. The first-order valence-electron chi connectivity index (χ1n) is 11.9. The molecule has 1 aliphatic heterocycles. The van der Waals surface area contributed by atoms with E-state index >= 15 is 0 Å². The van der Waals surface area contributed by atoms with Crippen LogP contribution in [0.15, 0.2) is 88.6 Å². The van der Waals surface area contributed by atoms with Crippen LogP contribution >= 0.6 is 0 Å². The van der Waals surface area contributed by atoms with Crippen molar-refractivity contribution >= 4 is 20.9 Å². The van der Waals surface area contributed by atoms with E-state index in [1.807, 2.05) is 49.4 Å². The molecule has 36 heavy (non-hydrogen) atoms. The quantitative estimate of drug-likeness (QED) is 0.400. The summed E-state index contributed by atoms with van der Waals surface area (Å²) in [5.74, 6) is 1.16. The van der Waals surface area contributed by atoms with Crippen molar-refractivity contribution in [2.45, 2.75) is 17.9 Å². The molecular weight excluding hydrogens is 476 g/mol. The standard InChI is InChI=1S/C27H28N4O4S/c1-20(29-16-18-30(19-17-29)36(33,34)21-10-4-3-5-11-21)26-28-23-13-7-6-12-22(23)27(32)31(26)24-14-8-9-15-25(24)35-2/h3-15,20H,16-19H2,1-2H3. The van der Waals surface area contributed by atoms with Crippen molar-refractivity contribution in [3.63, 3.8) is 0 Å². The minimum absolute atomic E-state index is 0.169. The number of hydrogen-bond acceptors (Lipinski definition) is 6. The first-order valence-corrected chi connectivity index (χ1v) is 13.3. The number of fused-ring (bicyclic) bond motifs is 1. The predicted molar refractivity (Wildman–Crippen MR) is 139 cm³/mol. The van der Waals surface area contributed by atoms with Crippen molar-refractivity contribution in [3.05, 3.63) is 95.0 Å². The zero-order chi connectivity index (χ0) is 25.3. The van der Waals surface area contributed by atoms with Crippen LogP contribution in [0, 0.1) is 0 Å². The molecule has 0 N–H and O–H groups in total. The van der Waals surface area contributed by atoms with Gasteiger partial charge < -0.3 is 4.74 Å². The fourth-order valence-electron chi connectivity index (χ4n) is 4.71. The number of para-hydroxylation sites is 3. The lowest BCUT2D eigenvalue weighted by Crippen LogP contribution is -2.49. The van der Waals surface area contributed by atoms with Crippen molar-refractivity contribution < 1.29 is 13.2 Å². The van der Waals surface area contributed by atoms with Crippen LogP contribution in [0.25, 0.3) is 16.6 Å². The van der Waals surface area contributed by atoms with Crippen molar-refractivity contribution in [1.29, 1.82) is 0 Å². The van der Waals surface area contributed by atoms with E-state index in [2.05, 4.69) is 4.90 Å². The largest absolute Gasteiger partial charge is 0.495 e. The molecule has 1 fully saturated rings. The first-order chi connectivity index (χ1) is 17.4. The molecular formula is C27H28N4O4S. The Labute approximate surface area is 210 Å². The first kappa shape index (κ1) is 24.2. The van der Waals surface area contributed by atoms with E-state index < -0.39 is 10.0 Å². The van der Waals surface area contributed by atoms with Crippen molar-refractivity contribution in [2.24, 2.45) is 0 Å². The highest BCUT2D eigenvalue weighted by Gasteiger charge is 2.32. The van der Waals surface area contributed by atoms with Gasteiger partial charge in [-0.3, -0.25) is 14.3 Å². The number of ether oxygens (including phenoxy) is 1. The van der Waals surface area contributed by atoms with Crippen LogP contribution in [0.1, 0.15) is 18.8 Å². The maximum absolute atomic E-state index is 13.7. The van der Waals surface area contributed by atoms with Crippen LogP contribution in [0.2, 0.25) is 0 Å². The topological polar surface area (TPSA) is 84.7 Å². The summed E-state index contributed by atoms with van der Waals surface area (Å²) in [5, 5.41) is 0.526. The highest BCUT2D eigenvalue weighted by Crippen LogP contribution is 2.28. The van der Waals surface area contributed by atoms with E-state index in [0.29, 0.717) is 59.2 Å². The summed E-state index contributed by atoms with van der Waals surface area (Å²) in [6.45, 7) is 3.75. The zero-order valence-corrected chi connectivity index (χ0v) is 21.1. The van der Waals surface area contributed by atoms with E-state index in [0.717, 1.165) is 0 Å². The summed E-state index contributed by atoms with van der Waals surface area (Å²) in [7, 11) is -1.97. The van der Waals surface area contributed by atoms with Gasteiger partial charge in [0, 0.05) is 26.2 Å². The monoisotopic (exact) mass is 504 g/mol. The average molecular weight is 505 g/mol. The number of hydrogen-bond donors (Lipinski definition) is 0. The maximum Gasteiger partial charge on any atom is 0.266 e. The number of sulfonamides is 1. The molecule has 0 saturated carbocycles. The average Bonchev–Trinajstić information content (AvgIpc) is 2.93. The lowest BCUT2D eigenvalue weighted by molar-refractivity contribution is 0.139. The van der Waals surface area contributed by atoms with Crippen LogP contribution in [0.4, 0.5) is 0 Å². The molecule has 1 atom stereocenters. The van der Waals surface area contributed by atoms with Gasteiger partial charge >= 0.3 is 0 Å². The minimum Gasteiger partial charge on any atom is -0.495 e. The number of benzene rings is 3. The molecule has 1 unspecified atom stereocenters. The third-order valence-corrected chi connectivity index (χ3v) is 8.62. The Balaban J connectivity index is 1.50. The smallest absolute Gasteiger partial charge is 0.266 e. The van der Waals surface area contributed by atoms with Crippen LogP contribution < -0.4 is 10.3 Å². The van der Waals surface area contributed by atoms with E-state index in [1.165, 1.54) is 4.31 Å². The molecule has 0 bridgehead atoms. The molecule has 0 radical (unpaired) electrons. The van der Waals surface area contributed by atoms with Crippen LogP contribution in [0.3, 0.4) is 0 Å². The Hall–Kier alpha value is -3.53. The summed E-state index contributed by atoms with van der Waals surface area (Å²) in [6, 6.07) is 22.9. The predicted octanol–water partition coefficient (Wildman–Crippen LogP) is 3.46. The zero-order valence-electron chi connectivity index (χ0n) is 20.2. The van der Waals surface area contributed by atoms with E-state index in [-0.39, 0.29) is 11.6 Å². The molecule has 1 saturated heterocycles. The molecule has 1 aromatic heterocycles. The number of piperazine rings is 1. The van der Waals surface area contributed by atoms with E-state index in [1.54, 1.807) is 48.1 Å². The van der Waals surface area contributed by atoms with Gasteiger partial charge in [-0.1, -0.05) is 42.5 Å². The summed E-state index contributed by atoms with van der Waals surface area (Å²) in [4.78, 5) is 21.1. The van der Waals surface area contributed by atoms with Crippen molar-refractivity contribution in [2.75, 3.05) is 33.3 Å². The third-order valence-electron chi connectivity index (χ3n) is 6.70. The molecule has 5 rings (SSSR count). The molecule has 4 aromatic rings. The summed E-state index contributed by atoms with van der Waals surface area (Å²) in [6.07, 6.45) is 0. The highest BCUT2D eigenvalue weighted by molar-refractivity contribution is 7.89. The number of nitrogens with zero attached hydrogens (tertiary/aromatic N) is 4. The maximum atomic E-state index is 13.7. The number of rotatable bonds is 6. The minimum atomic E-state index is -3.55. The second-order valence-corrected chi connectivity index (χ2v) is 10.7. The molecule has 0 spiro atoms. The number of aromatic nitrogens is 2. The number of methoxy groups -OCH3 is 1. The lowest BCUT2D eigenvalue weighted by Gasteiger charge is -2.37. The molecule has 2 heterocycles. The molecule has 1 aliphatic rings. The Morgan fingerprint density at radius 3 is 2.22 bits per heavy atom. The Morgan fingerprint density at radius 2 is 1.50 bits per heavy atom. The van der Waals surface area contributed by atoms with Gasteiger partial charge in [-0.15, -0.1) is 0 Å². The fourth-order valence-corrected chi connectivity index (χ4v) is 6.16. The molecule has 8 nitrogen and oxygen atoms in total. The lowest BCUT2D eigenvalue weighted by atomic mass is 10.1. The summed E-state index contributed by atoms with van der Waals surface area (Å²) >= 11 is 0. The Bertz CT molecular complexity index is 1550. The van der Waals surface area contributed by atoms with Crippen molar-refractivity contribution in [1.82, 2.24) is 18.8 Å². The van der Waals surface area contributed by atoms with Gasteiger partial charge in [-0.05, 0) is 43.3 Å². The van der Waals surface area contributed by atoms with Crippen LogP contribution in [-0.4, -0.2) is 60.5 Å². The summed E-state index contributed by atoms with van der Waals surface area (Å²) < 4.78 is 34.9. The Morgan fingerprint density at radius 1 is 0.861 bits per heavy atom. The van der Waals surface area contributed by atoms with Gasteiger partial charge in [0.2, 0.25) is 10.0 Å². The second kappa shape index (κ2) is 9.85. The van der Waals surface area contributed by atoms with Gasteiger partial charge in [0.25, 0.3) is 5.56 Å².